The van der Waals surface area contributed by atoms with Gasteiger partial charge in [0, 0.05) is 22.2 Å². The summed E-state index contributed by atoms with van der Waals surface area (Å²) in [5, 5.41) is 6.05. The molecule has 0 spiro atoms. The average molecular weight is 382 g/mol. The number of rotatable bonds is 8. The van der Waals surface area contributed by atoms with Crippen LogP contribution in [0, 0.1) is 0 Å². The van der Waals surface area contributed by atoms with Crippen molar-refractivity contribution in [3.05, 3.63) is 53.4 Å². The molecule has 0 saturated carbocycles. The van der Waals surface area contributed by atoms with Crippen LogP contribution in [0.5, 0.6) is 11.5 Å². The van der Waals surface area contributed by atoms with E-state index in [-0.39, 0.29) is 5.78 Å². The molecule has 140 valence electrons. The Balaban J connectivity index is 1.78. The molecule has 0 bridgehead atoms. The monoisotopic (exact) mass is 382 g/mol. The lowest BCUT2D eigenvalue weighted by molar-refractivity contribution is 0.101. The van der Waals surface area contributed by atoms with Crippen LogP contribution in [0.25, 0.3) is 11.3 Å². The van der Waals surface area contributed by atoms with E-state index in [1.807, 2.05) is 49.6 Å². The molecule has 0 aliphatic rings. The fourth-order valence-corrected chi connectivity index (χ4v) is 3.33. The number of nitrogens with zero attached hydrogens (tertiary/aromatic N) is 1. The predicted molar refractivity (Wildman–Crippen MR) is 110 cm³/mol. The van der Waals surface area contributed by atoms with Gasteiger partial charge >= 0.3 is 0 Å². The molecule has 1 heterocycles. The molecular weight excluding hydrogens is 360 g/mol. The largest absolute Gasteiger partial charge is 0.490 e. The van der Waals surface area contributed by atoms with Crippen LogP contribution in [0.2, 0.25) is 0 Å². The van der Waals surface area contributed by atoms with Gasteiger partial charge in [0.1, 0.15) is 0 Å². The second-order valence-electron chi connectivity index (χ2n) is 5.82. The predicted octanol–water partition coefficient (Wildman–Crippen LogP) is 5.55. The van der Waals surface area contributed by atoms with Crippen molar-refractivity contribution in [2.75, 3.05) is 18.5 Å². The molecule has 5 nitrogen and oxygen atoms in total. The van der Waals surface area contributed by atoms with E-state index in [4.69, 9.17) is 9.47 Å². The number of nitrogens with one attached hydrogen (secondary N) is 1. The number of Topliss-reactive ketones (excluding diaryl/α,β-unsaturated/α-hetero) is 1. The number of hydrogen-bond donors (Lipinski definition) is 1. The van der Waals surface area contributed by atoms with E-state index >= 15 is 0 Å². The Hall–Kier alpha value is -2.86. The molecule has 0 atom stereocenters. The van der Waals surface area contributed by atoms with Crippen LogP contribution in [0.1, 0.15) is 31.1 Å². The van der Waals surface area contributed by atoms with E-state index in [1.165, 1.54) is 11.3 Å². The van der Waals surface area contributed by atoms with Crippen LogP contribution < -0.4 is 14.8 Å². The minimum absolute atomic E-state index is 0.0543. The first-order valence-corrected chi connectivity index (χ1v) is 9.72. The van der Waals surface area contributed by atoms with Crippen molar-refractivity contribution in [3.8, 4) is 22.8 Å². The molecule has 6 heteroatoms. The summed E-state index contributed by atoms with van der Waals surface area (Å²) in [6, 6.07) is 13.2. The Labute approximate surface area is 163 Å². The summed E-state index contributed by atoms with van der Waals surface area (Å²) >= 11 is 1.52. The number of ketones is 1. The topological polar surface area (TPSA) is 60.5 Å². The molecule has 2 aromatic carbocycles. The minimum atomic E-state index is 0.0543. The smallest absolute Gasteiger partial charge is 0.187 e. The maximum atomic E-state index is 11.4. The van der Waals surface area contributed by atoms with Gasteiger partial charge in [0.05, 0.1) is 18.9 Å². The summed E-state index contributed by atoms with van der Waals surface area (Å²) in [6.45, 7) is 6.62. The quantitative estimate of drug-likeness (QED) is 0.517. The molecule has 27 heavy (non-hydrogen) atoms. The normalized spacial score (nSPS) is 10.5. The second kappa shape index (κ2) is 8.68. The molecule has 3 aromatic rings. The van der Waals surface area contributed by atoms with Gasteiger partial charge in [0.2, 0.25) is 0 Å². The van der Waals surface area contributed by atoms with Crippen molar-refractivity contribution >= 4 is 27.9 Å². The number of aromatic nitrogens is 1. The van der Waals surface area contributed by atoms with Gasteiger partial charge in [-0.1, -0.05) is 0 Å². The maximum absolute atomic E-state index is 11.4. The number of carbonyl (C=O) groups excluding carboxylic acids is 1. The minimum Gasteiger partial charge on any atom is -0.490 e. The van der Waals surface area contributed by atoms with Crippen molar-refractivity contribution in [1.29, 1.82) is 0 Å². The fourth-order valence-electron chi connectivity index (χ4n) is 2.59. The molecule has 0 saturated heterocycles. The maximum Gasteiger partial charge on any atom is 0.187 e. The Morgan fingerprint density at radius 3 is 2.41 bits per heavy atom. The zero-order valence-electron chi connectivity index (χ0n) is 15.6. The summed E-state index contributed by atoms with van der Waals surface area (Å²) in [5.74, 6) is 1.51. The third-order valence-electron chi connectivity index (χ3n) is 3.89. The fraction of sp³-hybridized carbons (Fsp3) is 0.238. The molecule has 0 unspecified atom stereocenters. The Morgan fingerprint density at radius 2 is 1.74 bits per heavy atom. The Morgan fingerprint density at radius 1 is 1.04 bits per heavy atom. The number of anilines is 2. The second-order valence-corrected chi connectivity index (χ2v) is 6.68. The van der Waals surface area contributed by atoms with E-state index in [0.717, 1.165) is 33.6 Å². The number of benzene rings is 2. The first kappa shape index (κ1) is 18.9. The van der Waals surface area contributed by atoms with E-state index in [2.05, 4.69) is 10.3 Å². The first-order chi connectivity index (χ1) is 13.1. The van der Waals surface area contributed by atoms with Gasteiger partial charge in [-0.15, -0.1) is 11.3 Å². The van der Waals surface area contributed by atoms with Crippen molar-refractivity contribution in [3.63, 3.8) is 0 Å². The average Bonchev–Trinajstić information content (AvgIpc) is 3.12. The van der Waals surface area contributed by atoms with Gasteiger partial charge in [-0.3, -0.25) is 4.79 Å². The lowest BCUT2D eigenvalue weighted by atomic mass is 10.1. The van der Waals surface area contributed by atoms with Gasteiger partial charge in [-0.2, -0.15) is 0 Å². The van der Waals surface area contributed by atoms with Crippen LogP contribution in [0.4, 0.5) is 10.8 Å². The van der Waals surface area contributed by atoms with Crippen molar-refractivity contribution in [1.82, 2.24) is 4.98 Å². The van der Waals surface area contributed by atoms with Crippen LogP contribution in [-0.4, -0.2) is 24.0 Å². The SMILES string of the molecule is CCOc1ccc(-c2csc(Nc3ccc(C(C)=O)cc3)n2)cc1OCC. The highest BCUT2D eigenvalue weighted by molar-refractivity contribution is 7.14. The number of hydrogen-bond acceptors (Lipinski definition) is 6. The standard InChI is InChI=1S/C21H22N2O3S/c1-4-25-19-11-8-16(12-20(19)26-5-2)18-13-27-21(23-18)22-17-9-6-15(7-10-17)14(3)24/h6-13H,4-5H2,1-3H3,(H,22,23). The summed E-state index contributed by atoms with van der Waals surface area (Å²) in [5.41, 5.74) is 3.42. The van der Waals surface area contributed by atoms with E-state index in [9.17, 15) is 4.79 Å². The zero-order chi connectivity index (χ0) is 19.2. The number of thiazole rings is 1. The summed E-state index contributed by atoms with van der Waals surface area (Å²) < 4.78 is 11.3. The summed E-state index contributed by atoms with van der Waals surface area (Å²) in [4.78, 5) is 16.0. The lowest BCUT2D eigenvalue weighted by Gasteiger charge is -2.11. The number of ether oxygens (including phenoxy) is 2. The highest BCUT2D eigenvalue weighted by Crippen LogP contribution is 2.34. The van der Waals surface area contributed by atoms with Crippen molar-refractivity contribution in [2.45, 2.75) is 20.8 Å². The molecule has 1 N–H and O–H groups in total. The van der Waals surface area contributed by atoms with E-state index in [0.29, 0.717) is 18.8 Å². The summed E-state index contributed by atoms with van der Waals surface area (Å²) in [7, 11) is 0. The van der Waals surface area contributed by atoms with Crippen LogP contribution in [0.3, 0.4) is 0 Å². The summed E-state index contributed by atoms with van der Waals surface area (Å²) in [6.07, 6.45) is 0. The highest BCUT2D eigenvalue weighted by Gasteiger charge is 2.10. The third-order valence-corrected chi connectivity index (χ3v) is 4.64. The van der Waals surface area contributed by atoms with Gasteiger partial charge in [0.25, 0.3) is 0 Å². The Bertz CT molecular complexity index is 919. The highest BCUT2D eigenvalue weighted by atomic mass is 32.1. The van der Waals surface area contributed by atoms with Gasteiger partial charge in [-0.25, -0.2) is 4.98 Å². The van der Waals surface area contributed by atoms with Crippen LogP contribution >= 0.6 is 11.3 Å². The first-order valence-electron chi connectivity index (χ1n) is 8.84. The number of carbonyl (C=O) groups is 1. The van der Waals surface area contributed by atoms with E-state index < -0.39 is 0 Å². The molecule has 3 rings (SSSR count). The third kappa shape index (κ3) is 4.65. The van der Waals surface area contributed by atoms with Crippen molar-refractivity contribution < 1.29 is 14.3 Å². The molecule has 0 fully saturated rings. The van der Waals surface area contributed by atoms with E-state index in [1.54, 1.807) is 19.1 Å². The van der Waals surface area contributed by atoms with Gasteiger partial charge in [0.15, 0.2) is 22.4 Å². The van der Waals surface area contributed by atoms with Crippen LogP contribution in [0.15, 0.2) is 47.8 Å². The van der Waals surface area contributed by atoms with Gasteiger partial charge in [-0.05, 0) is 63.2 Å². The lowest BCUT2D eigenvalue weighted by Crippen LogP contribution is -1.98. The molecule has 1 aromatic heterocycles. The molecule has 0 amide bonds. The zero-order valence-corrected chi connectivity index (χ0v) is 16.4. The molecule has 0 aliphatic heterocycles. The Kier molecular flexibility index (Phi) is 6.08. The molecule has 0 aliphatic carbocycles. The van der Waals surface area contributed by atoms with Gasteiger partial charge < -0.3 is 14.8 Å². The van der Waals surface area contributed by atoms with Crippen LogP contribution in [-0.2, 0) is 0 Å². The molecule has 0 radical (unpaired) electrons. The molecular formula is C21H22N2O3S. The van der Waals surface area contributed by atoms with Crippen molar-refractivity contribution in [2.24, 2.45) is 0 Å².